The topological polar surface area (TPSA) is 64.0 Å². The predicted molar refractivity (Wildman–Crippen MR) is 133 cm³/mol. The number of nitrogens with one attached hydrogen (secondary N) is 1. The van der Waals surface area contributed by atoms with Crippen molar-refractivity contribution in [1.29, 1.82) is 0 Å². The average molecular weight is 500 g/mol. The van der Waals surface area contributed by atoms with Crippen molar-refractivity contribution in [1.82, 2.24) is 9.55 Å². The molecule has 1 N–H and O–H groups in total. The highest BCUT2D eigenvalue weighted by atomic mass is 35.5. The van der Waals surface area contributed by atoms with Gasteiger partial charge in [0.05, 0.1) is 21.8 Å². The van der Waals surface area contributed by atoms with Crippen molar-refractivity contribution in [3.8, 4) is 5.69 Å². The summed E-state index contributed by atoms with van der Waals surface area (Å²) < 4.78 is 15.0. The maximum absolute atomic E-state index is 13.7. The molecular weight excluding hydrogens is 481 g/mol. The zero-order valence-corrected chi connectivity index (χ0v) is 19.8. The first kappa shape index (κ1) is 22.1. The molecule has 0 unspecified atom stereocenters. The third-order valence-corrected chi connectivity index (χ3v) is 7.92. The molecule has 33 heavy (non-hydrogen) atoms. The first-order chi connectivity index (χ1) is 16.0. The molecule has 2 aromatic heterocycles. The third-order valence-electron chi connectivity index (χ3n) is 5.51. The van der Waals surface area contributed by atoms with Gasteiger partial charge in [-0.2, -0.15) is 0 Å². The number of carbonyl (C=O) groups excluding carboxylic acids is 1. The van der Waals surface area contributed by atoms with E-state index in [0.29, 0.717) is 21.9 Å². The van der Waals surface area contributed by atoms with Crippen LogP contribution in [0.25, 0.3) is 15.9 Å². The van der Waals surface area contributed by atoms with E-state index in [9.17, 15) is 14.0 Å². The van der Waals surface area contributed by atoms with E-state index in [-0.39, 0.29) is 22.2 Å². The number of thiophene rings is 1. The molecule has 0 fully saturated rings. The Bertz CT molecular complexity index is 1420. The molecule has 4 aromatic rings. The molecule has 168 valence electrons. The summed E-state index contributed by atoms with van der Waals surface area (Å²) in [4.78, 5) is 33.0. The van der Waals surface area contributed by atoms with Gasteiger partial charge in [-0.15, -0.1) is 11.3 Å². The summed E-state index contributed by atoms with van der Waals surface area (Å²) >= 11 is 8.57. The maximum atomic E-state index is 13.7. The normalized spacial score (nSPS) is 13.2. The molecule has 5 nitrogen and oxygen atoms in total. The van der Waals surface area contributed by atoms with Crippen LogP contribution in [0.2, 0.25) is 5.02 Å². The molecule has 9 heteroatoms. The van der Waals surface area contributed by atoms with Crippen molar-refractivity contribution >= 4 is 56.5 Å². The van der Waals surface area contributed by atoms with Crippen molar-refractivity contribution < 1.29 is 9.18 Å². The van der Waals surface area contributed by atoms with Gasteiger partial charge in [-0.1, -0.05) is 41.6 Å². The summed E-state index contributed by atoms with van der Waals surface area (Å²) in [5.41, 5.74) is 2.15. The molecule has 0 spiro atoms. The summed E-state index contributed by atoms with van der Waals surface area (Å²) in [6, 6.07) is 13.4. The summed E-state index contributed by atoms with van der Waals surface area (Å²) in [5, 5.41) is 3.81. The van der Waals surface area contributed by atoms with Gasteiger partial charge in [0.2, 0.25) is 5.91 Å². The molecule has 0 saturated carbocycles. The first-order valence-electron chi connectivity index (χ1n) is 10.5. The van der Waals surface area contributed by atoms with Crippen molar-refractivity contribution in [2.24, 2.45) is 0 Å². The highest BCUT2D eigenvalue weighted by Gasteiger charge is 2.23. The molecule has 0 atom stereocenters. The number of nitrogens with zero attached hydrogens (tertiary/aromatic N) is 2. The number of fused-ring (bicyclic) bond motifs is 3. The Morgan fingerprint density at radius 2 is 1.97 bits per heavy atom. The largest absolute Gasteiger partial charge is 0.325 e. The number of carbonyl (C=O) groups is 1. The fraction of sp³-hybridized carbons (Fsp3) is 0.208. The van der Waals surface area contributed by atoms with E-state index in [4.69, 9.17) is 16.6 Å². The Labute approximate surface area is 202 Å². The zero-order valence-electron chi connectivity index (χ0n) is 17.4. The van der Waals surface area contributed by atoms with Gasteiger partial charge >= 0.3 is 0 Å². The van der Waals surface area contributed by atoms with E-state index in [1.165, 1.54) is 34.8 Å². The molecule has 0 saturated heterocycles. The number of anilines is 1. The molecule has 2 heterocycles. The lowest BCUT2D eigenvalue weighted by molar-refractivity contribution is -0.113. The van der Waals surface area contributed by atoms with Crippen LogP contribution in [-0.2, 0) is 17.6 Å². The average Bonchev–Trinajstić information content (AvgIpc) is 3.19. The number of hydrogen-bond donors (Lipinski definition) is 1. The standard InChI is InChI=1S/C24H19ClFN3O2S2/c25-17-12-14(10-11-18(17)26)27-20(30)13-32-24-28-22-21(16-8-4-5-9-19(16)33-22)23(31)29(24)15-6-2-1-3-7-15/h1-3,6-7,10-12H,4-5,8-9,13H2,(H,27,30). The third kappa shape index (κ3) is 4.43. The van der Waals surface area contributed by atoms with Gasteiger partial charge in [0, 0.05) is 10.6 Å². The fourth-order valence-corrected chi connectivity index (χ4v) is 6.28. The van der Waals surface area contributed by atoms with Crippen LogP contribution in [0.1, 0.15) is 23.3 Å². The molecule has 1 aliphatic rings. The number of hydrogen-bond acceptors (Lipinski definition) is 5. The van der Waals surface area contributed by atoms with E-state index in [1.807, 2.05) is 30.3 Å². The van der Waals surface area contributed by atoms with Crippen LogP contribution in [0.15, 0.2) is 58.5 Å². The van der Waals surface area contributed by atoms with Gasteiger partial charge in [0.15, 0.2) is 5.16 Å². The first-order valence-corrected chi connectivity index (χ1v) is 12.7. The van der Waals surface area contributed by atoms with Crippen molar-refractivity contribution in [2.45, 2.75) is 30.8 Å². The second-order valence-corrected chi connectivity index (χ2v) is 10.2. The lowest BCUT2D eigenvalue weighted by atomic mass is 9.97. The quantitative estimate of drug-likeness (QED) is 0.276. The highest BCUT2D eigenvalue weighted by Crippen LogP contribution is 2.35. The number of amides is 1. The second kappa shape index (κ2) is 9.29. The summed E-state index contributed by atoms with van der Waals surface area (Å²) in [6.07, 6.45) is 4.08. The van der Waals surface area contributed by atoms with Crippen LogP contribution in [0, 0.1) is 5.82 Å². The van der Waals surface area contributed by atoms with Gasteiger partial charge in [-0.3, -0.25) is 14.2 Å². The van der Waals surface area contributed by atoms with E-state index < -0.39 is 5.82 Å². The molecule has 5 rings (SSSR count). The van der Waals surface area contributed by atoms with Crippen LogP contribution < -0.4 is 10.9 Å². The van der Waals surface area contributed by atoms with Crippen LogP contribution in [-0.4, -0.2) is 21.2 Å². The lowest BCUT2D eigenvalue weighted by Gasteiger charge is -2.13. The van der Waals surface area contributed by atoms with Gasteiger partial charge in [0.1, 0.15) is 10.6 Å². The van der Waals surface area contributed by atoms with Crippen molar-refractivity contribution in [3.05, 3.63) is 80.2 Å². The Balaban J connectivity index is 1.49. The summed E-state index contributed by atoms with van der Waals surface area (Å²) in [7, 11) is 0. The highest BCUT2D eigenvalue weighted by molar-refractivity contribution is 7.99. The number of benzene rings is 2. The van der Waals surface area contributed by atoms with Crippen LogP contribution in [0.5, 0.6) is 0 Å². The number of aryl methyl sites for hydroxylation is 2. The second-order valence-electron chi connectivity index (χ2n) is 7.73. The van der Waals surface area contributed by atoms with Gasteiger partial charge < -0.3 is 5.32 Å². The van der Waals surface area contributed by atoms with E-state index in [2.05, 4.69) is 5.32 Å². The molecule has 0 bridgehead atoms. The van der Waals surface area contributed by atoms with Gasteiger partial charge in [0.25, 0.3) is 5.56 Å². The number of aromatic nitrogens is 2. The molecular formula is C24H19ClFN3O2S2. The van der Waals surface area contributed by atoms with Crippen LogP contribution in [0.3, 0.4) is 0 Å². The van der Waals surface area contributed by atoms with Crippen LogP contribution in [0.4, 0.5) is 10.1 Å². The van der Waals surface area contributed by atoms with E-state index in [0.717, 1.165) is 36.1 Å². The smallest absolute Gasteiger partial charge is 0.267 e. The maximum Gasteiger partial charge on any atom is 0.267 e. The summed E-state index contributed by atoms with van der Waals surface area (Å²) in [5.74, 6) is -0.820. The SMILES string of the molecule is O=C(CSc1nc2sc3c(c2c(=O)n1-c1ccccc1)CCCC3)Nc1ccc(F)c(Cl)c1. The van der Waals surface area contributed by atoms with Gasteiger partial charge in [-0.05, 0) is 61.6 Å². The number of para-hydroxylation sites is 1. The minimum absolute atomic E-state index is 0.0326. The fourth-order valence-electron chi connectivity index (χ4n) is 3.99. The Morgan fingerprint density at radius 3 is 2.76 bits per heavy atom. The number of halogens is 2. The van der Waals surface area contributed by atoms with Crippen molar-refractivity contribution in [3.63, 3.8) is 0 Å². The van der Waals surface area contributed by atoms with Gasteiger partial charge in [-0.25, -0.2) is 9.37 Å². The van der Waals surface area contributed by atoms with Crippen molar-refractivity contribution in [2.75, 3.05) is 11.1 Å². The number of thioether (sulfide) groups is 1. The monoisotopic (exact) mass is 499 g/mol. The van der Waals surface area contributed by atoms with E-state index in [1.54, 1.807) is 15.9 Å². The molecule has 1 aliphatic carbocycles. The molecule has 0 radical (unpaired) electrons. The molecule has 2 aromatic carbocycles. The Hall–Kier alpha value is -2.68. The Kier molecular flexibility index (Phi) is 6.23. The molecule has 1 amide bonds. The summed E-state index contributed by atoms with van der Waals surface area (Å²) in [6.45, 7) is 0. The minimum Gasteiger partial charge on any atom is -0.325 e. The minimum atomic E-state index is -0.549. The number of rotatable bonds is 5. The lowest BCUT2D eigenvalue weighted by Crippen LogP contribution is -2.23. The van der Waals surface area contributed by atoms with Crippen LogP contribution >= 0.6 is 34.7 Å². The Morgan fingerprint density at radius 1 is 1.18 bits per heavy atom. The predicted octanol–water partition coefficient (Wildman–Crippen LogP) is 5.85. The zero-order chi connectivity index (χ0) is 22.9. The molecule has 0 aliphatic heterocycles. The van der Waals surface area contributed by atoms with E-state index >= 15 is 0 Å².